The number of amides is 4. The zero-order valence-electron chi connectivity index (χ0n) is 17.1. The Hall–Kier alpha value is -2.38. The molecule has 5 unspecified atom stereocenters. The summed E-state index contributed by atoms with van der Waals surface area (Å²) in [5, 5.41) is 25.6. The van der Waals surface area contributed by atoms with Crippen LogP contribution in [0.3, 0.4) is 0 Å². The van der Waals surface area contributed by atoms with Crippen LogP contribution in [0.4, 0.5) is 0 Å². The van der Waals surface area contributed by atoms with Crippen LogP contribution < -0.4 is 27.4 Å². The molecule has 0 bridgehead atoms. The van der Waals surface area contributed by atoms with Gasteiger partial charge in [-0.05, 0) is 19.3 Å². The summed E-state index contributed by atoms with van der Waals surface area (Å²) >= 11 is 4.00. The van der Waals surface area contributed by atoms with E-state index in [0.717, 1.165) is 0 Å². The Morgan fingerprint density at radius 3 is 1.83 bits per heavy atom. The van der Waals surface area contributed by atoms with Crippen molar-refractivity contribution in [1.29, 1.82) is 0 Å². The lowest BCUT2D eigenvalue weighted by atomic mass is 10.0. The van der Waals surface area contributed by atoms with Gasteiger partial charge in [0.2, 0.25) is 23.6 Å². The molecular formula is C17H31N5O7S. The Morgan fingerprint density at radius 1 is 0.933 bits per heavy atom. The molecule has 0 radical (unpaired) electrons. The summed E-state index contributed by atoms with van der Waals surface area (Å²) in [6, 6.07) is -5.11. The van der Waals surface area contributed by atoms with E-state index in [2.05, 4.69) is 28.6 Å². The van der Waals surface area contributed by atoms with Crippen LogP contribution in [0.1, 0.15) is 33.6 Å². The number of hydrogen-bond donors (Lipinski definition) is 8. The third-order valence-corrected chi connectivity index (χ3v) is 4.32. The van der Waals surface area contributed by atoms with E-state index in [-0.39, 0.29) is 18.1 Å². The molecule has 0 spiro atoms. The highest BCUT2D eigenvalue weighted by atomic mass is 32.1. The van der Waals surface area contributed by atoms with E-state index in [4.69, 9.17) is 16.6 Å². The highest BCUT2D eigenvalue weighted by Gasteiger charge is 2.32. The Bertz CT molecular complexity index is 644. The summed E-state index contributed by atoms with van der Waals surface area (Å²) in [6.07, 6.45) is -1.61. The Morgan fingerprint density at radius 2 is 1.43 bits per heavy atom. The van der Waals surface area contributed by atoms with Crippen molar-refractivity contribution in [2.24, 2.45) is 17.4 Å². The highest BCUT2D eigenvalue weighted by Crippen LogP contribution is 2.07. The largest absolute Gasteiger partial charge is 0.480 e. The number of primary amides is 1. The van der Waals surface area contributed by atoms with E-state index >= 15 is 0 Å². The van der Waals surface area contributed by atoms with Gasteiger partial charge in [0, 0.05) is 5.75 Å². The van der Waals surface area contributed by atoms with E-state index in [1.54, 1.807) is 13.8 Å². The molecule has 0 aliphatic carbocycles. The van der Waals surface area contributed by atoms with Crippen LogP contribution in [0.15, 0.2) is 0 Å². The molecule has 4 amide bonds. The van der Waals surface area contributed by atoms with Gasteiger partial charge in [-0.3, -0.25) is 19.2 Å². The van der Waals surface area contributed by atoms with Crippen molar-refractivity contribution in [3.8, 4) is 0 Å². The minimum Gasteiger partial charge on any atom is -0.480 e. The monoisotopic (exact) mass is 449 g/mol. The average Bonchev–Trinajstić information content (AvgIpc) is 2.61. The predicted octanol–water partition coefficient (Wildman–Crippen LogP) is -2.92. The fourth-order valence-electron chi connectivity index (χ4n) is 2.40. The number of nitrogens with one attached hydrogen (secondary N) is 3. The van der Waals surface area contributed by atoms with Crippen molar-refractivity contribution in [3.05, 3.63) is 0 Å². The van der Waals surface area contributed by atoms with Gasteiger partial charge in [0.15, 0.2) is 6.04 Å². The van der Waals surface area contributed by atoms with Crippen molar-refractivity contribution in [2.45, 2.75) is 63.9 Å². The molecule has 0 saturated heterocycles. The molecule has 0 saturated carbocycles. The van der Waals surface area contributed by atoms with E-state index in [9.17, 15) is 29.1 Å². The Labute approximate surface area is 179 Å². The number of carbonyl (C=O) groups is 5. The van der Waals surface area contributed by atoms with Gasteiger partial charge in [-0.25, -0.2) is 4.79 Å². The third-order valence-electron chi connectivity index (χ3n) is 3.96. The van der Waals surface area contributed by atoms with Crippen molar-refractivity contribution in [3.63, 3.8) is 0 Å². The summed E-state index contributed by atoms with van der Waals surface area (Å²) in [5.41, 5.74) is 10.5. The van der Waals surface area contributed by atoms with Crippen molar-refractivity contribution in [2.75, 3.05) is 5.75 Å². The number of nitrogens with two attached hydrogens (primary N) is 2. The summed E-state index contributed by atoms with van der Waals surface area (Å²) in [7, 11) is 0. The van der Waals surface area contributed by atoms with E-state index < -0.39 is 66.3 Å². The number of hydrogen-bond acceptors (Lipinski definition) is 8. The van der Waals surface area contributed by atoms with Gasteiger partial charge in [0.1, 0.15) is 12.1 Å². The molecule has 0 aromatic heterocycles. The first-order valence-electron chi connectivity index (χ1n) is 9.26. The van der Waals surface area contributed by atoms with Gasteiger partial charge >= 0.3 is 5.97 Å². The zero-order valence-corrected chi connectivity index (χ0v) is 18.0. The molecule has 9 N–H and O–H groups in total. The second-order valence-electron chi connectivity index (χ2n) is 7.28. The summed E-state index contributed by atoms with van der Waals surface area (Å²) in [5.74, 6) is -4.77. The number of rotatable bonds is 13. The molecule has 0 heterocycles. The number of aliphatic hydroxyl groups excluding tert-OH is 1. The van der Waals surface area contributed by atoms with E-state index in [1.807, 2.05) is 0 Å². The number of carbonyl (C=O) groups excluding carboxylic acids is 4. The third kappa shape index (κ3) is 9.89. The van der Waals surface area contributed by atoms with Crippen LogP contribution in [0, 0.1) is 5.92 Å². The smallest absolute Gasteiger partial charge is 0.328 e. The maximum Gasteiger partial charge on any atom is 0.328 e. The first-order chi connectivity index (χ1) is 13.8. The number of carboxylic acids is 1. The summed E-state index contributed by atoms with van der Waals surface area (Å²) in [4.78, 5) is 59.2. The van der Waals surface area contributed by atoms with Crippen LogP contribution in [0.25, 0.3) is 0 Å². The molecule has 30 heavy (non-hydrogen) atoms. The highest BCUT2D eigenvalue weighted by molar-refractivity contribution is 7.80. The van der Waals surface area contributed by atoms with Crippen molar-refractivity contribution < 1.29 is 34.2 Å². The number of carboxylic acid groups (broad SMARTS) is 1. The van der Waals surface area contributed by atoms with Gasteiger partial charge < -0.3 is 37.6 Å². The minimum atomic E-state index is -1.56. The lowest BCUT2D eigenvalue weighted by Crippen LogP contribution is -2.59. The number of thiol groups is 1. The van der Waals surface area contributed by atoms with Crippen molar-refractivity contribution in [1.82, 2.24) is 16.0 Å². The van der Waals surface area contributed by atoms with Crippen LogP contribution in [-0.4, -0.2) is 75.8 Å². The molecule has 0 rings (SSSR count). The number of aliphatic carboxylic acids is 1. The molecule has 0 fully saturated rings. The van der Waals surface area contributed by atoms with Crippen LogP contribution in [0.5, 0.6) is 0 Å². The molecular weight excluding hydrogens is 418 g/mol. The van der Waals surface area contributed by atoms with E-state index in [1.165, 1.54) is 6.92 Å². The normalized spacial score (nSPS) is 16.0. The quantitative estimate of drug-likeness (QED) is 0.136. The maximum absolute atomic E-state index is 12.6. The first kappa shape index (κ1) is 27.6. The molecule has 5 atom stereocenters. The lowest BCUT2D eigenvalue weighted by molar-refractivity contribution is -0.145. The average molecular weight is 450 g/mol. The molecule has 12 nitrogen and oxygen atoms in total. The standard InChI is InChI=1S/C17H31N5O7S/c1-7(2)4-10(15(26)22-13(8(3)23)17(28)29)20-16(27)11(6-30)21-14(25)9(18)5-12(19)24/h7-11,13,23,30H,4-6,18H2,1-3H3,(H2,19,24)(H,20,27)(H,21,25)(H,22,26)(H,28,29). The second kappa shape index (κ2) is 13.0. The minimum absolute atomic E-state index is 0.0519. The molecule has 0 aromatic rings. The van der Waals surface area contributed by atoms with Gasteiger partial charge in [-0.15, -0.1) is 0 Å². The van der Waals surface area contributed by atoms with Gasteiger partial charge in [0.25, 0.3) is 0 Å². The van der Waals surface area contributed by atoms with E-state index in [0.29, 0.717) is 0 Å². The van der Waals surface area contributed by atoms with Gasteiger partial charge in [-0.1, -0.05) is 13.8 Å². The molecule has 0 aliphatic heterocycles. The fourth-order valence-corrected chi connectivity index (χ4v) is 2.66. The lowest BCUT2D eigenvalue weighted by Gasteiger charge is -2.26. The summed E-state index contributed by atoms with van der Waals surface area (Å²) < 4.78 is 0. The van der Waals surface area contributed by atoms with Crippen molar-refractivity contribution >= 4 is 42.2 Å². The summed E-state index contributed by atoms with van der Waals surface area (Å²) in [6.45, 7) is 4.78. The zero-order chi connectivity index (χ0) is 23.6. The molecule has 13 heteroatoms. The molecule has 0 aromatic carbocycles. The first-order valence-corrected chi connectivity index (χ1v) is 9.90. The van der Waals surface area contributed by atoms with Crippen LogP contribution in [-0.2, 0) is 24.0 Å². The predicted molar refractivity (Wildman–Crippen MR) is 110 cm³/mol. The topological polar surface area (TPSA) is 214 Å². The Balaban J connectivity index is 5.26. The van der Waals surface area contributed by atoms with Gasteiger partial charge in [-0.2, -0.15) is 12.6 Å². The molecule has 172 valence electrons. The maximum atomic E-state index is 12.6. The second-order valence-corrected chi connectivity index (χ2v) is 7.64. The van der Waals surface area contributed by atoms with Crippen LogP contribution >= 0.6 is 12.6 Å². The fraction of sp³-hybridized carbons (Fsp3) is 0.706. The number of aliphatic hydroxyl groups is 1. The van der Waals surface area contributed by atoms with Gasteiger partial charge in [0.05, 0.1) is 18.6 Å². The van der Waals surface area contributed by atoms with Crippen LogP contribution in [0.2, 0.25) is 0 Å². The molecule has 0 aliphatic rings. The SMILES string of the molecule is CC(C)CC(NC(=O)C(CS)NC(=O)C(N)CC(N)=O)C(=O)NC(C(=O)O)C(C)O. The Kier molecular flexibility index (Phi) is 12.0.